The number of aromatic hydroxyl groups is 1. The zero-order valence-corrected chi connectivity index (χ0v) is 13.0. The van der Waals surface area contributed by atoms with E-state index in [-0.39, 0.29) is 30.6 Å². The third-order valence-electron chi connectivity index (χ3n) is 2.48. The second-order valence-corrected chi connectivity index (χ2v) is 3.71. The van der Waals surface area contributed by atoms with Crippen LogP contribution in [0.25, 0.3) is 0 Å². The first-order valence-corrected chi connectivity index (χ1v) is 5.45. The maximum Gasteiger partial charge on any atom is 0.263 e. The lowest BCUT2D eigenvalue weighted by Gasteiger charge is -2.05. The molecule has 1 aromatic heterocycles. The van der Waals surface area contributed by atoms with Crippen molar-refractivity contribution in [3.63, 3.8) is 0 Å². The summed E-state index contributed by atoms with van der Waals surface area (Å²) in [5, 5.41) is 21.3. The van der Waals surface area contributed by atoms with Gasteiger partial charge in [0, 0.05) is 5.56 Å². The molecule has 0 fully saturated rings. The number of aromatic nitrogens is 3. The molecular formula is C11H16Cl2N6O2. The van der Waals surface area contributed by atoms with Crippen LogP contribution in [-0.4, -0.2) is 33.3 Å². The van der Waals surface area contributed by atoms with Crippen LogP contribution in [0.4, 0.5) is 5.95 Å². The predicted molar refractivity (Wildman–Crippen MR) is 85.3 cm³/mol. The van der Waals surface area contributed by atoms with Crippen molar-refractivity contribution in [1.29, 1.82) is 0 Å². The number of aryl methyl sites for hydroxylation is 1. The van der Waals surface area contributed by atoms with Gasteiger partial charge in [0.2, 0.25) is 0 Å². The molecule has 1 heterocycles. The Bertz CT molecular complexity index is 617. The van der Waals surface area contributed by atoms with Gasteiger partial charge in [-0.1, -0.05) is 6.07 Å². The van der Waals surface area contributed by atoms with Crippen molar-refractivity contribution in [3.8, 4) is 11.5 Å². The average Bonchev–Trinajstić information content (AvgIpc) is 2.72. The van der Waals surface area contributed by atoms with Gasteiger partial charge in [-0.3, -0.25) is 0 Å². The molecule has 4 N–H and O–H groups in total. The molecule has 0 bridgehead atoms. The van der Waals surface area contributed by atoms with E-state index in [1.165, 1.54) is 18.0 Å². The molecular weight excluding hydrogens is 319 g/mol. The number of para-hydroxylation sites is 1. The van der Waals surface area contributed by atoms with Gasteiger partial charge in [-0.15, -0.1) is 35.0 Å². The van der Waals surface area contributed by atoms with Gasteiger partial charge in [0.25, 0.3) is 5.95 Å². The van der Waals surface area contributed by atoms with Crippen molar-refractivity contribution in [2.24, 2.45) is 5.10 Å². The maximum absolute atomic E-state index is 9.84. The molecule has 0 aliphatic rings. The number of phenolic OH excluding ortho intramolecular Hbond substituents is 1. The van der Waals surface area contributed by atoms with Gasteiger partial charge in [0.1, 0.15) is 0 Å². The molecule has 0 amide bonds. The number of phenols is 1. The summed E-state index contributed by atoms with van der Waals surface area (Å²) in [5.74, 6) is 6.89. The lowest BCUT2D eigenvalue weighted by molar-refractivity contribution is 0.373. The van der Waals surface area contributed by atoms with Crippen LogP contribution < -0.4 is 16.0 Å². The van der Waals surface area contributed by atoms with E-state index in [0.717, 1.165) is 0 Å². The van der Waals surface area contributed by atoms with Crippen LogP contribution in [0.15, 0.2) is 23.3 Å². The van der Waals surface area contributed by atoms with Gasteiger partial charge < -0.3 is 15.7 Å². The zero-order valence-electron chi connectivity index (χ0n) is 11.3. The minimum atomic E-state index is 0. The Morgan fingerprint density at radius 1 is 1.38 bits per heavy atom. The molecule has 0 atom stereocenters. The molecule has 116 valence electrons. The number of rotatable bonds is 4. The Morgan fingerprint density at radius 3 is 2.67 bits per heavy atom. The van der Waals surface area contributed by atoms with Crippen LogP contribution in [0.2, 0.25) is 0 Å². The summed E-state index contributed by atoms with van der Waals surface area (Å²) < 4.78 is 6.26. The second-order valence-electron chi connectivity index (χ2n) is 3.71. The van der Waals surface area contributed by atoms with Gasteiger partial charge in [-0.05, 0) is 19.1 Å². The fraction of sp³-hybridized carbons (Fsp3) is 0.182. The molecule has 0 saturated heterocycles. The number of benzene rings is 1. The molecule has 0 unspecified atom stereocenters. The molecule has 21 heavy (non-hydrogen) atoms. The van der Waals surface area contributed by atoms with Crippen LogP contribution >= 0.6 is 24.8 Å². The first-order chi connectivity index (χ1) is 9.13. The Kier molecular flexibility index (Phi) is 7.32. The summed E-state index contributed by atoms with van der Waals surface area (Å²) in [5.41, 5.74) is 3.13. The number of halogens is 2. The molecule has 0 saturated carbocycles. The van der Waals surface area contributed by atoms with E-state index >= 15 is 0 Å². The molecule has 1 aromatic carbocycles. The SMILES string of the molecule is COc1cccc(C=NNc2nnc(C)n2N)c1O.Cl.Cl. The smallest absolute Gasteiger partial charge is 0.263 e. The number of ether oxygens (including phenoxy) is 1. The molecule has 0 radical (unpaired) electrons. The molecule has 0 spiro atoms. The minimum Gasteiger partial charge on any atom is -0.504 e. The summed E-state index contributed by atoms with van der Waals surface area (Å²) in [6, 6.07) is 5.09. The first-order valence-electron chi connectivity index (χ1n) is 5.45. The van der Waals surface area contributed by atoms with Crippen molar-refractivity contribution in [2.45, 2.75) is 6.92 Å². The largest absolute Gasteiger partial charge is 0.504 e. The highest BCUT2D eigenvalue weighted by Crippen LogP contribution is 2.27. The molecule has 10 heteroatoms. The Balaban J connectivity index is 0.00000200. The highest BCUT2D eigenvalue weighted by atomic mass is 35.5. The number of hydrogen-bond donors (Lipinski definition) is 3. The van der Waals surface area contributed by atoms with E-state index in [9.17, 15) is 5.11 Å². The summed E-state index contributed by atoms with van der Waals surface area (Å²) in [7, 11) is 1.48. The minimum absolute atomic E-state index is 0. The van der Waals surface area contributed by atoms with Crippen LogP contribution in [-0.2, 0) is 0 Å². The van der Waals surface area contributed by atoms with Crippen LogP contribution in [0.1, 0.15) is 11.4 Å². The van der Waals surface area contributed by atoms with E-state index < -0.39 is 0 Å². The number of nitrogen functional groups attached to an aromatic ring is 1. The van der Waals surface area contributed by atoms with Gasteiger partial charge in [-0.25, -0.2) is 10.1 Å². The van der Waals surface area contributed by atoms with E-state index in [4.69, 9.17) is 10.6 Å². The van der Waals surface area contributed by atoms with Gasteiger partial charge in [0.05, 0.1) is 13.3 Å². The standard InChI is InChI=1S/C11H14N6O2.2ClH/c1-7-14-16-11(17(7)12)15-13-6-8-4-3-5-9(19-2)10(8)18;;/h3-6,18H,12H2,1-2H3,(H,15,16);2*1H. The number of nitrogens with zero attached hydrogens (tertiary/aromatic N) is 4. The zero-order chi connectivity index (χ0) is 13.8. The number of hydrazone groups is 1. The summed E-state index contributed by atoms with van der Waals surface area (Å²) >= 11 is 0. The lowest BCUT2D eigenvalue weighted by atomic mass is 10.2. The normalized spacial score (nSPS) is 9.81. The number of methoxy groups -OCH3 is 1. The summed E-state index contributed by atoms with van der Waals surface area (Å²) in [6.07, 6.45) is 1.43. The number of nitrogens with two attached hydrogens (primary N) is 1. The average molecular weight is 335 g/mol. The Hall–Kier alpha value is -2.19. The third kappa shape index (κ3) is 4.14. The summed E-state index contributed by atoms with van der Waals surface area (Å²) in [6.45, 7) is 1.72. The fourth-order valence-corrected chi connectivity index (χ4v) is 1.41. The van der Waals surface area contributed by atoms with Crippen molar-refractivity contribution >= 4 is 37.0 Å². The third-order valence-corrected chi connectivity index (χ3v) is 2.48. The van der Waals surface area contributed by atoms with E-state index in [1.54, 1.807) is 25.1 Å². The van der Waals surface area contributed by atoms with Crippen LogP contribution in [0.5, 0.6) is 11.5 Å². The molecule has 2 aromatic rings. The van der Waals surface area contributed by atoms with E-state index in [1.807, 2.05) is 0 Å². The highest BCUT2D eigenvalue weighted by molar-refractivity contribution is 5.86. The fourth-order valence-electron chi connectivity index (χ4n) is 1.41. The van der Waals surface area contributed by atoms with Crippen molar-refractivity contribution in [2.75, 3.05) is 18.4 Å². The summed E-state index contributed by atoms with van der Waals surface area (Å²) in [4.78, 5) is 0. The number of anilines is 1. The lowest BCUT2D eigenvalue weighted by Crippen LogP contribution is -2.13. The quantitative estimate of drug-likeness (QED) is 0.441. The predicted octanol–water partition coefficient (Wildman–Crippen LogP) is 1.30. The van der Waals surface area contributed by atoms with Gasteiger partial charge in [0.15, 0.2) is 17.3 Å². The van der Waals surface area contributed by atoms with Gasteiger partial charge in [-0.2, -0.15) is 5.10 Å². The second kappa shape index (κ2) is 8.18. The molecule has 8 nitrogen and oxygen atoms in total. The monoisotopic (exact) mass is 334 g/mol. The van der Waals surface area contributed by atoms with Crippen molar-refractivity contribution in [3.05, 3.63) is 29.6 Å². The highest BCUT2D eigenvalue weighted by Gasteiger charge is 2.06. The van der Waals surface area contributed by atoms with Crippen LogP contribution in [0.3, 0.4) is 0 Å². The van der Waals surface area contributed by atoms with E-state index in [2.05, 4.69) is 20.7 Å². The molecule has 0 aliphatic heterocycles. The van der Waals surface area contributed by atoms with Crippen molar-refractivity contribution in [1.82, 2.24) is 14.9 Å². The molecule has 2 rings (SSSR count). The maximum atomic E-state index is 9.84. The Morgan fingerprint density at radius 2 is 2.10 bits per heavy atom. The Labute approximate surface area is 133 Å². The molecule has 0 aliphatic carbocycles. The number of nitrogens with one attached hydrogen (secondary N) is 1. The number of hydrogen-bond acceptors (Lipinski definition) is 7. The van der Waals surface area contributed by atoms with Crippen LogP contribution in [0, 0.1) is 6.92 Å². The topological polar surface area (TPSA) is 111 Å². The van der Waals surface area contributed by atoms with Crippen molar-refractivity contribution < 1.29 is 9.84 Å². The van der Waals surface area contributed by atoms with E-state index in [0.29, 0.717) is 23.1 Å². The van der Waals surface area contributed by atoms with Gasteiger partial charge >= 0.3 is 0 Å². The first kappa shape index (κ1) is 18.8.